The van der Waals surface area contributed by atoms with Crippen LogP contribution < -0.4 is 5.32 Å². The molecule has 37 heavy (non-hydrogen) atoms. The van der Waals surface area contributed by atoms with Crippen molar-refractivity contribution >= 4 is 33.4 Å². The van der Waals surface area contributed by atoms with Crippen LogP contribution >= 0.6 is 0 Å². The van der Waals surface area contributed by atoms with Crippen LogP contribution in [-0.4, -0.2) is 77.9 Å². The van der Waals surface area contributed by atoms with Crippen LogP contribution in [0.2, 0.25) is 0 Å². The van der Waals surface area contributed by atoms with Crippen molar-refractivity contribution in [1.29, 1.82) is 0 Å². The zero-order valence-corrected chi connectivity index (χ0v) is 21.6. The number of hydrogen-bond donors (Lipinski definition) is 1. The minimum atomic E-state index is 0.102. The Kier molecular flexibility index (Phi) is 6.77. The van der Waals surface area contributed by atoms with Gasteiger partial charge in [0.05, 0.1) is 16.7 Å². The summed E-state index contributed by atoms with van der Waals surface area (Å²) >= 11 is 0. The molecule has 1 N–H and O–H groups in total. The molecule has 0 bridgehead atoms. The van der Waals surface area contributed by atoms with E-state index in [0.29, 0.717) is 6.04 Å². The Labute approximate surface area is 218 Å². The molecular weight excluding hydrogens is 458 g/mol. The average molecular weight is 494 g/mol. The zero-order chi connectivity index (χ0) is 25.2. The van der Waals surface area contributed by atoms with Gasteiger partial charge in [-0.25, -0.2) is 4.98 Å². The number of carbonyl (C=O) groups excluding carboxylic acids is 1. The highest BCUT2D eigenvalue weighted by Gasteiger charge is 2.23. The van der Waals surface area contributed by atoms with Crippen molar-refractivity contribution < 1.29 is 4.79 Å². The Bertz CT molecular complexity index is 1390. The average Bonchev–Trinajstić information content (AvgIpc) is 2.94. The Morgan fingerprint density at radius 2 is 1.54 bits per heavy atom. The fraction of sp³-hybridized carbons (Fsp3) is 0.355. The van der Waals surface area contributed by atoms with Gasteiger partial charge >= 0.3 is 0 Å². The molecule has 2 fully saturated rings. The Hall–Kier alpha value is -3.48. The molecule has 6 nitrogen and oxygen atoms in total. The Morgan fingerprint density at radius 1 is 0.838 bits per heavy atom. The fourth-order valence-corrected chi connectivity index (χ4v) is 5.65. The van der Waals surface area contributed by atoms with Crippen LogP contribution in [0.4, 0.5) is 5.69 Å². The lowest BCUT2D eigenvalue weighted by Gasteiger charge is -2.33. The number of likely N-dealkylation sites (tertiary alicyclic amines) is 1. The number of piperazine rings is 1. The van der Waals surface area contributed by atoms with Gasteiger partial charge in [-0.2, -0.15) is 0 Å². The summed E-state index contributed by atoms with van der Waals surface area (Å²) < 4.78 is 0. The van der Waals surface area contributed by atoms with Crippen molar-refractivity contribution in [1.82, 2.24) is 19.7 Å². The molecule has 0 spiro atoms. The first kappa shape index (κ1) is 23.9. The lowest BCUT2D eigenvalue weighted by molar-refractivity contribution is 0.0664. The van der Waals surface area contributed by atoms with E-state index in [1.165, 1.54) is 5.56 Å². The van der Waals surface area contributed by atoms with Gasteiger partial charge < -0.3 is 15.1 Å². The van der Waals surface area contributed by atoms with E-state index in [-0.39, 0.29) is 5.91 Å². The van der Waals surface area contributed by atoms with Crippen molar-refractivity contribution in [3.05, 3.63) is 83.9 Å². The molecule has 4 aromatic rings. The molecular formula is C31H35N5O. The molecule has 2 saturated heterocycles. The summed E-state index contributed by atoms with van der Waals surface area (Å²) in [5, 5.41) is 6.12. The molecule has 2 aliphatic rings. The Morgan fingerprint density at radius 3 is 2.32 bits per heavy atom. The molecule has 6 rings (SSSR count). The third kappa shape index (κ3) is 5.17. The molecule has 0 aliphatic carbocycles. The SMILES string of the molecule is CN1CCN(C(=O)c2ccc3c(NC4CCN(Cc5ccccc5)CC4)c4ccccc4nc3c2)CC1. The van der Waals surface area contributed by atoms with E-state index < -0.39 is 0 Å². The van der Waals surface area contributed by atoms with Crippen LogP contribution in [0.25, 0.3) is 21.8 Å². The first-order chi connectivity index (χ1) is 18.1. The van der Waals surface area contributed by atoms with Crippen LogP contribution in [0.15, 0.2) is 72.8 Å². The lowest BCUT2D eigenvalue weighted by atomic mass is 10.0. The van der Waals surface area contributed by atoms with Crippen molar-refractivity contribution in [2.45, 2.75) is 25.4 Å². The summed E-state index contributed by atoms with van der Waals surface area (Å²) in [4.78, 5) is 25.0. The van der Waals surface area contributed by atoms with Crippen molar-refractivity contribution in [3.63, 3.8) is 0 Å². The third-order valence-corrected chi connectivity index (χ3v) is 7.90. The molecule has 0 radical (unpaired) electrons. The molecule has 0 saturated carbocycles. The highest BCUT2D eigenvalue weighted by Crippen LogP contribution is 2.33. The number of carbonyl (C=O) groups is 1. The minimum Gasteiger partial charge on any atom is -0.381 e. The molecule has 2 aliphatic heterocycles. The third-order valence-electron chi connectivity index (χ3n) is 7.90. The summed E-state index contributed by atoms with van der Waals surface area (Å²) in [5.41, 5.74) is 5.08. The predicted octanol–water partition coefficient (Wildman–Crippen LogP) is 4.85. The Balaban J connectivity index is 1.23. The van der Waals surface area contributed by atoms with E-state index in [9.17, 15) is 4.79 Å². The molecule has 1 amide bonds. The number of fused-ring (bicyclic) bond motifs is 2. The summed E-state index contributed by atoms with van der Waals surface area (Å²) in [6, 6.07) is 25.5. The van der Waals surface area contributed by atoms with E-state index in [1.54, 1.807) is 0 Å². The maximum atomic E-state index is 13.2. The molecule has 0 atom stereocenters. The second-order valence-corrected chi connectivity index (χ2v) is 10.5. The van der Waals surface area contributed by atoms with Gasteiger partial charge in [0.1, 0.15) is 0 Å². The topological polar surface area (TPSA) is 51.7 Å². The fourth-order valence-electron chi connectivity index (χ4n) is 5.65. The second kappa shape index (κ2) is 10.5. The molecule has 6 heteroatoms. The molecule has 0 unspecified atom stereocenters. The number of nitrogens with zero attached hydrogens (tertiary/aromatic N) is 4. The normalized spacial score (nSPS) is 17.9. The maximum absolute atomic E-state index is 13.2. The first-order valence-electron chi connectivity index (χ1n) is 13.5. The molecule has 3 aromatic carbocycles. The number of pyridine rings is 1. The van der Waals surface area contributed by atoms with Crippen LogP contribution in [-0.2, 0) is 6.54 Å². The number of amides is 1. The second-order valence-electron chi connectivity index (χ2n) is 10.5. The number of nitrogens with one attached hydrogen (secondary N) is 1. The van der Waals surface area contributed by atoms with Gasteiger partial charge in [0, 0.05) is 68.2 Å². The van der Waals surface area contributed by atoms with E-state index in [1.807, 2.05) is 23.1 Å². The summed E-state index contributed by atoms with van der Waals surface area (Å²) in [6.45, 7) is 6.55. The number of piperidine rings is 1. The molecule has 1 aromatic heterocycles. The van der Waals surface area contributed by atoms with E-state index in [2.05, 4.69) is 76.8 Å². The summed E-state index contributed by atoms with van der Waals surface area (Å²) in [6.07, 6.45) is 2.20. The van der Waals surface area contributed by atoms with E-state index in [4.69, 9.17) is 4.98 Å². The van der Waals surface area contributed by atoms with Gasteiger partial charge in [0.2, 0.25) is 0 Å². The maximum Gasteiger partial charge on any atom is 0.254 e. The van der Waals surface area contributed by atoms with Crippen molar-refractivity contribution in [2.75, 3.05) is 51.6 Å². The van der Waals surface area contributed by atoms with Gasteiger partial charge in [-0.15, -0.1) is 0 Å². The van der Waals surface area contributed by atoms with Gasteiger partial charge in [0.25, 0.3) is 5.91 Å². The molecule has 190 valence electrons. The first-order valence-corrected chi connectivity index (χ1v) is 13.5. The highest BCUT2D eigenvalue weighted by molar-refractivity contribution is 6.09. The summed E-state index contributed by atoms with van der Waals surface area (Å²) in [7, 11) is 2.11. The monoisotopic (exact) mass is 493 g/mol. The van der Waals surface area contributed by atoms with Gasteiger partial charge in [-0.1, -0.05) is 48.5 Å². The molecule has 3 heterocycles. The van der Waals surface area contributed by atoms with Gasteiger partial charge in [-0.05, 0) is 49.7 Å². The van der Waals surface area contributed by atoms with Crippen LogP contribution in [0.1, 0.15) is 28.8 Å². The largest absolute Gasteiger partial charge is 0.381 e. The van der Waals surface area contributed by atoms with Crippen molar-refractivity contribution in [2.24, 2.45) is 0 Å². The summed E-state index contributed by atoms with van der Waals surface area (Å²) in [5.74, 6) is 0.102. The van der Waals surface area contributed by atoms with Gasteiger partial charge in [0.15, 0.2) is 0 Å². The zero-order valence-electron chi connectivity index (χ0n) is 21.6. The quantitative estimate of drug-likeness (QED) is 0.403. The standard InChI is InChI=1S/C31H35N5O/c1-34-17-19-36(20-18-34)31(37)24-11-12-27-29(21-24)33-28-10-6-5-9-26(28)30(27)32-25-13-15-35(16-14-25)22-23-7-3-2-4-8-23/h2-12,21,25H,13-20,22H2,1H3,(H,32,33). The van der Waals surface area contributed by atoms with E-state index >= 15 is 0 Å². The number of benzene rings is 3. The number of anilines is 1. The van der Waals surface area contributed by atoms with E-state index in [0.717, 1.165) is 91.7 Å². The number of rotatable bonds is 5. The number of para-hydroxylation sites is 1. The van der Waals surface area contributed by atoms with Crippen molar-refractivity contribution in [3.8, 4) is 0 Å². The lowest BCUT2D eigenvalue weighted by Crippen LogP contribution is -2.47. The smallest absolute Gasteiger partial charge is 0.254 e. The number of aromatic nitrogens is 1. The minimum absolute atomic E-state index is 0.102. The van der Waals surface area contributed by atoms with Crippen LogP contribution in [0, 0.1) is 0 Å². The highest BCUT2D eigenvalue weighted by atomic mass is 16.2. The van der Waals surface area contributed by atoms with Crippen LogP contribution in [0.5, 0.6) is 0 Å². The number of hydrogen-bond acceptors (Lipinski definition) is 5. The van der Waals surface area contributed by atoms with Crippen LogP contribution in [0.3, 0.4) is 0 Å². The van der Waals surface area contributed by atoms with Gasteiger partial charge in [-0.3, -0.25) is 9.69 Å². The predicted molar refractivity (Wildman–Crippen MR) is 151 cm³/mol. The number of likely N-dealkylation sites (N-methyl/N-ethyl adjacent to an activating group) is 1.